The van der Waals surface area contributed by atoms with Gasteiger partial charge in [-0.05, 0) is 13.0 Å². The van der Waals surface area contributed by atoms with E-state index < -0.39 is 11.9 Å². The number of ether oxygens (including phenoxy) is 2. The molecule has 98 valence electrons. The van der Waals surface area contributed by atoms with Crippen molar-refractivity contribution in [3.05, 3.63) is 29.6 Å². The van der Waals surface area contributed by atoms with Crippen LogP contribution >= 0.6 is 0 Å². The molecule has 0 radical (unpaired) electrons. The van der Waals surface area contributed by atoms with Gasteiger partial charge in [0.15, 0.2) is 6.10 Å². The van der Waals surface area contributed by atoms with Gasteiger partial charge in [-0.15, -0.1) is 0 Å². The van der Waals surface area contributed by atoms with E-state index >= 15 is 0 Å². The molecular formula is C12H15FN2O3. The number of cyclic esters (lactones) is 1. The maximum atomic E-state index is 13.6. The molecule has 3 N–H and O–H groups in total. The highest BCUT2D eigenvalue weighted by Gasteiger charge is 2.23. The van der Waals surface area contributed by atoms with Gasteiger partial charge in [-0.2, -0.15) is 0 Å². The van der Waals surface area contributed by atoms with Crippen LogP contribution in [0.15, 0.2) is 18.2 Å². The van der Waals surface area contributed by atoms with Gasteiger partial charge in [0.2, 0.25) is 0 Å². The van der Waals surface area contributed by atoms with Gasteiger partial charge in [0.25, 0.3) is 0 Å². The van der Waals surface area contributed by atoms with Crippen LogP contribution in [0.4, 0.5) is 9.18 Å². The van der Waals surface area contributed by atoms with Gasteiger partial charge in [-0.25, -0.2) is 9.18 Å². The number of alkyl carbamates (subject to hydrolysis) is 1. The summed E-state index contributed by atoms with van der Waals surface area (Å²) >= 11 is 0. The predicted octanol–water partition coefficient (Wildman–Crippen LogP) is 1.33. The first-order valence-electron chi connectivity index (χ1n) is 5.68. The van der Waals surface area contributed by atoms with E-state index in [1.165, 1.54) is 6.07 Å². The second-order valence-corrected chi connectivity index (χ2v) is 4.19. The van der Waals surface area contributed by atoms with E-state index in [1.54, 1.807) is 19.1 Å². The summed E-state index contributed by atoms with van der Waals surface area (Å²) in [4.78, 5) is 10.8. The smallest absolute Gasteiger partial charge is 0.407 e. The van der Waals surface area contributed by atoms with E-state index in [2.05, 4.69) is 5.32 Å². The minimum Gasteiger partial charge on any atom is -0.490 e. The number of carbonyl (C=O) groups excluding carboxylic acids is 1. The first kappa shape index (κ1) is 12.6. The highest BCUT2D eigenvalue weighted by molar-refractivity contribution is 5.69. The molecule has 0 aromatic heterocycles. The SMILES string of the molecule is C[C@H](N)c1ccc(OCC2CNC(=O)O2)cc1F. The van der Waals surface area contributed by atoms with Crippen LogP contribution in [0, 0.1) is 5.82 Å². The third kappa shape index (κ3) is 2.89. The van der Waals surface area contributed by atoms with Crippen molar-refractivity contribution in [1.29, 1.82) is 0 Å². The molecule has 6 heteroatoms. The molecule has 1 saturated heterocycles. The second kappa shape index (κ2) is 5.22. The molecule has 5 nitrogen and oxygen atoms in total. The maximum Gasteiger partial charge on any atom is 0.407 e. The van der Waals surface area contributed by atoms with Gasteiger partial charge in [0.1, 0.15) is 18.2 Å². The highest BCUT2D eigenvalue weighted by atomic mass is 19.1. The lowest BCUT2D eigenvalue weighted by molar-refractivity contribution is 0.104. The average molecular weight is 254 g/mol. The molecular weight excluding hydrogens is 239 g/mol. The number of hydrogen-bond acceptors (Lipinski definition) is 4. The van der Waals surface area contributed by atoms with Crippen molar-refractivity contribution in [3.8, 4) is 5.75 Å². The standard InChI is InChI=1S/C12H15FN2O3/c1-7(14)10-3-2-8(4-11(10)13)17-6-9-5-15-12(16)18-9/h2-4,7,9H,5-6,14H2,1H3,(H,15,16)/t7-,9?/m0/s1. The fourth-order valence-electron chi connectivity index (χ4n) is 1.68. The summed E-state index contributed by atoms with van der Waals surface area (Å²) in [5.74, 6) is -0.0103. The number of carbonyl (C=O) groups is 1. The van der Waals surface area contributed by atoms with E-state index in [9.17, 15) is 9.18 Å². The molecule has 1 aliphatic heterocycles. The number of amides is 1. The zero-order chi connectivity index (χ0) is 13.1. The number of nitrogens with one attached hydrogen (secondary N) is 1. The summed E-state index contributed by atoms with van der Waals surface area (Å²) in [5.41, 5.74) is 6.05. The van der Waals surface area contributed by atoms with Gasteiger partial charge < -0.3 is 20.5 Å². The second-order valence-electron chi connectivity index (χ2n) is 4.19. The zero-order valence-electron chi connectivity index (χ0n) is 9.98. The molecule has 2 rings (SSSR count). The summed E-state index contributed by atoms with van der Waals surface area (Å²) in [6.07, 6.45) is -0.796. The molecule has 0 saturated carbocycles. The monoisotopic (exact) mass is 254 g/mol. The normalized spacial score (nSPS) is 20.2. The molecule has 18 heavy (non-hydrogen) atoms. The van der Waals surface area contributed by atoms with Crippen molar-refractivity contribution >= 4 is 6.09 Å². The Morgan fingerprint density at radius 3 is 3.00 bits per heavy atom. The number of hydrogen-bond donors (Lipinski definition) is 2. The quantitative estimate of drug-likeness (QED) is 0.850. The summed E-state index contributed by atoms with van der Waals surface area (Å²) < 4.78 is 23.8. The average Bonchev–Trinajstić information content (AvgIpc) is 2.72. The lowest BCUT2D eigenvalue weighted by Gasteiger charge is -2.12. The molecule has 1 aliphatic rings. The molecule has 1 amide bonds. The number of rotatable bonds is 4. The molecule has 1 unspecified atom stereocenters. The minimum absolute atomic E-state index is 0.190. The fourth-order valence-corrected chi connectivity index (χ4v) is 1.68. The number of nitrogens with two attached hydrogens (primary N) is 1. The van der Waals surface area contributed by atoms with Crippen molar-refractivity contribution < 1.29 is 18.7 Å². The summed E-state index contributed by atoms with van der Waals surface area (Å²) in [5, 5.41) is 2.51. The molecule has 1 fully saturated rings. The summed E-state index contributed by atoms with van der Waals surface area (Å²) in [7, 11) is 0. The molecule has 1 aromatic carbocycles. The molecule has 2 atom stereocenters. The third-order valence-electron chi connectivity index (χ3n) is 2.65. The largest absolute Gasteiger partial charge is 0.490 e. The lowest BCUT2D eigenvalue weighted by atomic mass is 10.1. The summed E-state index contributed by atoms with van der Waals surface area (Å²) in [6.45, 7) is 2.30. The van der Waals surface area contributed by atoms with Gasteiger partial charge in [-0.1, -0.05) is 6.07 Å². The van der Waals surface area contributed by atoms with Crippen LogP contribution in [0.25, 0.3) is 0 Å². The zero-order valence-corrected chi connectivity index (χ0v) is 9.98. The Hall–Kier alpha value is -1.82. The van der Waals surface area contributed by atoms with E-state index in [1.807, 2.05) is 0 Å². The van der Waals surface area contributed by atoms with Crippen molar-refractivity contribution in [2.24, 2.45) is 5.73 Å². The van der Waals surface area contributed by atoms with Crippen LogP contribution in [0.2, 0.25) is 0 Å². The van der Waals surface area contributed by atoms with E-state index in [-0.39, 0.29) is 18.8 Å². The Morgan fingerprint density at radius 1 is 1.67 bits per heavy atom. The topological polar surface area (TPSA) is 73.6 Å². The molecule has 1 heterocycles. The van der Waals surface area contributed by atoms with Crippen molar-refractivity contribution in [2.45, 2.75) is 19.1 Å². The van der Waals surface area contributed by atoms with Crippen LogP contribution in [0.1, 0.15) is 18.5 Å². The lowest BCUT2D eigenvalue weighted by Crippen LogP contribution is -2.22. The van der Waals surface area contributed by atoms with Crippen molar-refractivity contribution in [3.63, 3.8) is 0 Å². The fraction of sp³-hybridized carbons (Fsp3) is 0.417. The highest BCUT2D eigenvalue weighted by Crippen LogP contribution is 2.21. The summed E-state index contributed by atoms with van der Waals surface area (Å²) in [6, 6.07) is 4.15. The van der Waals surface area contributed by atoms with Gasteiger partial charge in [0.05, 0.1) is 6.54 Å². The van der Waals surface area contributed by atoms with E-state index in [0.717, 1.165) is 0 Å². The van der Waals surface area contributed by atoms with E-state index in [0.29, 0.717) is 17.9 Å². The Bertz CT molecular complexity index is 451. The Labute approximate surface area is 104 Å². The number of halogens is 1. The van der Waals surface area contributed by atoms with Crippen LogP contribution in [-0.2, 0) is 4.74 Å². The first-order chi connectivity index (χ1) is 8.56. The third-order valence-corrected chi connectivity index (χ3v) is 2.65. The Morgan fingerprint density at radius 2 is 2.44 bits per heavy atom. The van der Waals surface area contributed by atoms with Crippen LogP contribution < -0.4 is 15.8 Å². The minimum atomic E-state index is -0.456. The molecule has 1 aromatic rings. The maximum absolute atomic E-state index is 13.6. The first-order valence-corrected chi connectivity index (χ1v) is 5.68. The van der Waals surface area contributed by atoms with Crippen molar-refractivity contribution in [1.82, 2.24) is 5.32 Å². The predicted molar refractivity (Wildman–Crippen MR) is 62.8 cm³/mol. The van der Waals surface area contributed by atoms with Crippen LogP contribution in [-0.4, -0.2) is 25.3 Å². The van der Waals surface area contributed by atoms with Crippen LogP contribution in [0.3, 0.4) is 0 Å². The van der Waals surface area contributed by atoms with Crippen LogP contribution in [0.5, 0.6) is 5.75 Å². The van der Waals surface area contributed by atoms with Gasteiger partial charge >= 0.3 is 6.09 Å². The molecule has 0 aliphatic carbocycles. The molecule has 0 bridgehead atoms. The molecule has 0 spiro atoms. The number of benzene rings is 1. The van der Waals surface area contributed by atoms with Gasteiger partial charge in [0, 0.05) is 17.7 Å². The van der Waals surface area contributed by atoms with Gasteiger partial charge in [-0.3, -0.25) is 0 Å². The Balaban J connectivity index is 1.94. The van der Waals surface area contributed by atoms with Crippen molar-refractivity contribution in [2.75, 3.05) is 13.2 Å². The van der Waals surface area contributed by atoms with E-state index in [4.69, 9.17) is 15.2 Å². The Kier molecular flexibility index (Phi) is 3.66.